The molecule has 4 N–H and O–H groups in total. The van der Waals surface area contributed by atoms with E-state index in [0.717, 1.165) is 24.1 Å². The highest BCUT2D eigenvalue weighted by molar-refractivity contribution is 6.45. The quantitative estimate of drug-likeness (QED) is 0.581. The number of carbonyl (C=O) groups excluding carboxylic acids is 3. The lowest BCUT2D eigenvalue weighted by atomic mass is 9.75. The van der Waals surface area contributed by atoms with E-state index in [-0.39, 0.29) is 29.0 Å². The van der Waals surface area contributed by atoms with Crippen molar-refractivity contribution >= 4 is 23.3 Å². The summed E-state index contributed by atoms with van der Waals surface area (Å²) in [5, 5.41) is 9.63. The van der Waals surface area contributed by atoms with Gasteiger partial charge in [-0.05, 0) is 24.5 Å². The number of Topliss-reactive ketones (excluding diaryl/α,β-unsaturated/α-hetero) is 1. The first-order chi connectivity index (χ1) is 16.0. The molecule has 9 nitrogen and oxygen atoms in total. The second kappa shape index (κ2) is 9.81. The molecule has 0 radical (unpaired) electrons. The molecule has 2 aliphatic rings. The van der Waals surface area contributed by atoms with Crippen LogP contribution in [0.3, 0.4) is 0 Å². The Morgan fingerprint density at radius 1 is 1.15 bits per heavy atom. The van der Waals surface area contributed by atoms with Gasteiger partial charge in [-0.25, -0.2) is 0 Å². The summed E-state index contributed by atoms with van der Waals surface area (Å²) >= 11 is 0. The number of hydrogen-bond acceptors (Lipinski definition) is 6. The van der Waals surface area contributed by atoms with Crippen LogP contribution in [0.4, 0.5) is 0 Å². The summed E-state index contributed by atoms with van der Waals surface area (Å²) in [4.78, 5) is 44.8. The van der Waals surface area contributed by atoms with E-state index in [1.165, 1.54) is 11.1 Å². The summed E-state index contributed by atoms with van der Waals surface area (Å²) < 4.78 is 0. The van der Waals surface area contributed by atoms with E-state index in [4.69, 9.17) is 5.73 Å². The average Bonchev–Trinajstić information content (AvgIpc) is 3.39. The maximum atomic E-state index is 13.3. The number of nitrogens with one attached hydrogen (secondary N) is 2. The number of aromatic amines is 1. The van der Waals surface area contributed by atoms with Crippen molar-refractivity contribution in [2.24, 2.45) is 22.6 Å². The number of aliphatic imine (C=N–C) groups is 1. The van der Waals surface area contributed by atoms with Crippen LogP contribution in [0.25, 0.3) is 11.3 Å². The van der Waals surface area contributed by atoms with Crippen LogP contribution in [0.1, 0.15) is 36.0 Å². The number of nitrogens with zero attached hydrogens (tertiary/aromatic N) is 3. The van der Waals surface area contributed by atoms with Gasteiger partial charge >= 0.3 is 0 Å². The molecule has 2 aromatic rings. The number of nitrogens with two attached hydrogens (primary N) is 1. The van der Waals surface area contributed by atoms with E-state index in [1.54, 1.807) is 25.4 Å². The van der Waals surface area contributed by atoms with E-state index < -0.39 is 11.8 Å². The van der Waals surface area contributed by atoms with Crippen molar-refractivity contribution in [3.8, 4) is 11.3 Å². The third-order valence-electron chi connectivity index (χ3n) is 6.35. The minimum Gasteiger partial charge on any atom is -0.403 e. The van der Waals surface area contributed by atoms with Crippen molar-refractivity contribution in [2.75, 3.05) is 20.1 Å². The molecule has 0 bridgehead atoms. The fourth-order valence-electron chi connectivity index (χ4n) is 4.47. The molecular weight excluding hydrogens is 420 g/mol. The number of H-pyrrole nitrogens is 1. The van der Waals surface area contributed by atoms with Gasteiger partial charge in [-0.3, -0.25) is 24.5 Å². The molecular formula is C24H28N6O3. The van der Waals surface area contributed by atoms with Crippen LogP contribution in [-0.2, 0) is 9.59 Å². The highest BCUT2D eigenvalue weighted by Crippen LogP contribution is 2.33. The van der Waals surface area contributed by atoms with E-state index in [9.17, 15) is 14.4 Å². The smallest absolute Gasteiger partial charge is 0.274 e. The van der Waals surface area contributed by atoms with Gasteiger partial charge in [0.05, 0.1) is 17.9 Å². The number of ketones is 1. The molecule has 1 aliphatic heterocycles. The Morgan fingerprint density at radius 2 is 1.88 bits per heavy atom. The van der Waals surface area contributed by atoms with Crippen molar-refractivity contribution in [3.05, 3.63) is 54.0 Å². The fraction of sp³-hybridized carbons (Fsp3) is 0.375. The zero-order chi connectivity index (χ0) is 23.4. The van der Waals surface area contributed by atoms with Gasteiger partial charge in [0.1, 0.15) is 5.71 Å². The van der Waals surface area contributed by atoms with E-state index >= 15 is 0 Å². The van der Waals surface area contributed by atoms with Gasteiger partial charge in [0.2, 0.25) is 5.91 Å². The summed E-state index contributed by atoms with van der Waals surface area (Å²) in [5.74, 6) is -1.56. The second-order valence-electron chi connectivity index (χ2n) is 8.44. The average molecular weight is 449 g/mol. The van der Waals surface area contributed by atoms with Crippen molar-refractivity contribution in [2.45, 2.75) is 25.7 Å². The van der Waals surface area contributed by atoms with Crippen molar-refractivity contribution in [3.63, 3.8) is 0 Å². The standard InChI is InChI=1S/C24H28N6O3/c1-30-13-12-26-21(24(30)33)20(14-25)28-23(32)18-5-3-2-4-17(18)22(31)16-8-6-15(7-9-16)19-10-11-27-29-19/h6-11,14,17-18H,2-5,12-13,25H2,1H3,(H,27,29)(H,28,32)/t17-,18-/m1/s1. The summed E-state index contributed by atoms with van der Waals surface area (Å²) in [6.07, 6.45) is 5.87. The predicted molar refractivity (Wildman–Crippen MR) is 124 cm³/mol. The molecule has 33 heavy (non-hydrogen) atoms. The van der Waals surface area contributed by atoms with E-state index in [0.29, 0.717) is 31.5 Å². The third-order valence-corrected chi connectivity index (χ3v) is 6.35. The van der Waals surface area contributed by atoms with Crippen molar-refractivity contribution < 1.29 is 14.4 Å². The van der Waals surface area contributed by atoms with Crippen LogP contribution in [-0.4, -0.2) is 58.5 Å². The Balaban J connectivity index is 1.49. The molecule has 1 aromatic heterocycles. The molecule has 1 aromatic carbocycles. The van der Waals surface area contributed by atoms with Crippen LogP contribution in [0.2, 0.25) is 0 Å². The number of benzene rings is 1. The van der Waals surface area contributed by atoms with Gasteiger partial charge in [-0.1, -0.05) is 37.1 Å². The molecule has 0 saturated heterocycles. The first-order valence-electron chi connectivity index (χ1n) is 11.2. The number of aromatic nitrogens is 2. The molecule has 0 unspecified atom stereocenters. The van der Waals surface area contributed by atoms with Crippen LogP contribution in [0, 0.1) is 11.8 Å². The number of hydrogen-bond donors (Lipinski definition) is 3. The minimum absolute atomic E-state index is 0.0462. The van der Waals surface area contributed by atoms with E-state index in [1.807, 2.05) is 18.2 Å². The lowest BCUT2D eigenvalue weighted by molar-refractivity contribution is -0.126. The molecule has 1 aliphatic carbocycles. The molecule has 0 spiro atoms. The first-order valence-corrected chi connectivity index (χ1v) is 11.2. The normalized spacial score (nSPS) is 21.5. The number of amides is 2. The van der Waals surface area contributed by atoms with Crippen molar-refractivity contribution in [1.29, 1.82) is 0 Å². The number of carbonyl (C=O) groups is 3. The molecule has 4 rings (SSSR count). The highest BCUT2D eigenvalue weighted by atomic mass is 16.2. The predicted octanol–water partition coefficient (Wildman–Crippen LogP) is 1.90. The van der Waals surface area contributed by atoms with Crippen LogP contribution in [0.15, 0.2) is 53.4 Å². The Kier molecular flexibility index (Phi) is 6.67. The van der Waals surface area contributed by atoms with E-state index in [2.05, 4.69) is 20.5 Å². The second-order valence-corrected chi connectivity index (χ2v) is 8.44. The Bertz CT molecular complexity index is 1090. The van der Waals surface area contributed by atoms with Gasteiger partial charge < -0.3 is 16.0 Å². The molecule has 1 saturated carbocycles. The molecule has 9 heteroatoms. The van der Waals surface area contributed by atoms with Gasteiger partial charge in [-0.2, -0.15) is 5.10 Å². The number of rotatable bonds is 6. The summed E-state index contributed by atoms with van der Waals surface area (Å²) in [6, 6.07) is 9.19. The zero-order valence-corrected chi connectivity index (χ0v) is 18.6. The Labute approximate surface area is 192 Å². The molecule has 2 heterocycles. The SMILES string of the molecule is CN1CCN=C(C(=CN)NC(=O)[C@@H]2CCCC[C@H]2C(=O)c2ccc(-c3ccn[nH]3)cc2)C1=O. The summed E-state index contributed by atoms with van der Waals surface area (Å²) in [6.45, 7) is 0.969. The Hall–Kier alpha value is -3.75. The first kappa shape index (κ1) is 22.4. The van der Waals surface area contributed by atoms with Gasteiger partial charge in [-0.15, -0.1) is 0 Å². The molecule has 2 amide bonds. The monoisotopic (exact) mass is 448 g/mol. The molecule has 172 valence electrons. The third kappa shape index (κ3) is 4.72. The van der Waals surface area contributed by atoms with Gasteiger partial charge in [0, 0.05) is 43.4 Å². The maximum Gasteiger partial charge on any atom is 0.274 e. The topological polar surface area (TPSA) is 134 Å². The molecule has 1 fully saturated rings. The zero-order valence-electron chi connectivity index (χ0n) is 18.6. The highest BCUT2D eigenvalue weighted by Gasteiger charge is 2.37. The summed E-state index contributed by atoms with van der Waals surface area (Å²) in [5.41, 5.74) is 8.44. The minimum atomic E-state index is -0.495. The molecule has 2 atom stereocenters. The Morgan fingerprint density at radius 3 is 2.55 bits per heavy atom. The van der Waals surface area contributed by atoms with Gasteiger partial charge in [0.25, 0.3) is 5.91 Å². The van der Waals surface area contributed by atoms with Crippen LogP contribution in [0.5, 0.6) is 0 Å². The maximum absolute atomic E-state index is 13.3. The lowest BCUT2D eigenvalue weighted by Crippen LogP contribution is -2.46. The summed E-state index contributed by atoms with van der Waals surface area (Å²) in [7, 11) is 1.68. The van der Waals surface area contributed by atoms with Gasteiger partial charge in [0.15, 0.2) is 5.78 Å². The van der Waals surface area contributed by atoms with Crippen LogP contribution >= 0.6 is 0 Å². The number of likely N-dealkylation sites (N-methyl/N-ethyl adjacent to an activating group) is 1. The lowest BCUT2D eigenvalue weighted by Gasteiger charge is -2.30. The van der Waals surface area contributed by atoms with Crippen molar-refractivity contribution in [1.82, 2.24) is 20.4 Å². The van der Waals surface area contributed by atoms with Crippen LogP contribution < -0.4 is 11.1 Å². The fourth-order valence-corrected chi connectivity index (χ4v) is 4.47. The largest absolute Gasteiger partial charge is 0.403 e.